The van der Waals surface area contributed by atoms with Gasteiger partial charge >= 0.3 is 0 Å². The smallest absolute Gasteiger partial charge is 0.297 e. The highest BCUT2D eigenvalue weighted by atomic mass is 79.9. The SMILES string of the molecule is CCO[P@](N)(=O)c1c(C)cc(Br)cc1C. The van der Waals surface area contributed by atoms with Gasteiger partial charge in [0.15, 0.2) is 0 Å². The van der Waals surface area contributed by atoms with Crippen molar-refractivity contribution >= 4 is 28.8 Å². The van der Waals surface area contributed by atoms with Gasteiger partial charge in [0, 0.05) is 4.47 Å². The molecule has 0 saturated heterocycles. The molecular weight excluding hydrogens is 277 g/mol. The van der Waals surface area contributed by atoms with Gasteiger partial charge < -0.3 is 4.52 Å². The lowest BCUT2D eigenvalue weighted by Crippen LogP contribution is -2.20. The number of rotatable bonds is 3. The Morgan fingerprint density at radius 2 is 1.87 bits per heavy atom. The molecule has 2 N–H and O–H groups in total. The molecule has 0 amide bonds. The highest BCUT2D eigenvalue weighted by molar-refractivity contribution is 9.10. The largest absolute Gasteiger partial charge is 0.315 e. The Morgan fingerprint density at radius 1 is 1.40 bits per heavy atom. The van der Waals surface area contributed by atoms with Gasteiger partial charge in [-0.1, -0.05) is 15.9 Å². The molecule has 0 unspecified atom stereocenters. The van der Waals surface area contributed by atoms with Crippen LogP contribution in [-0.2, 0) is 9.09 Å². The Labute approximate surface area is 98.6 Å². The molecule has 0 aromatic heterocycles. The lowest BCUT2D eigenvalue weighted by Gasteiger charge is -2.17. The molecular formula is C10H15BrNO2P. The molecule has 0 spiro atoms. The van der Waals surface area contributed by atoms with Crippen molar-refractivity contribution in [2.75, 3.05) is 6.61 Å². The maximum Gasteiger partial charge on any atom is 0.297 e. The minimum atomic E-state index is -3.16. The van der Waals surface area contributed by atoms with E-state index in [0.29, 0.717) is 11.9 Å². The number of aryl methyl sites for hydroxylation is 2. The van der Waals surface area contributed by atoms with Gasteiger partial charge in [0.05, 0.1) is 11.9 Å². The molecule has 5 heteroatoms. The Hall–Kier alpha value is -0.150. The van der Waals surface area contributed by atoms with Crippen LogP contribution in [0.2, 0.25) is 0 Å². The molecule has 0 saturated carbocycles. The van der Waals surface area contributed by atoms with Crippen molar-refractivity contribution in [3.8, 4) is 0 Å². The molecule has 1 aromatic rings. The molecule has 0 bridgehead atoms. The summed E-state index contributed by atoms with van der Waals surface area (Å²) in [6.07, 6.45) is 0. The van der Waals surface area contributed by atoms with Crippen molar-refractivity contribution in [1.82, 2.24) is 0 Å². The highest BCUT2D eigenvalue weighted by Crippen LogP contribution is 2.39. The fourth-order valence-corrected chi connectivity index (χ4v) is 3.96. The van der Waals surface area contributed by atoms with E-state index in [1.165, 1.54) is 0 Å². The zero-order valence-corrected chi connectivity index (χ0v) is 11.6. The first-order valence-electron chi connectivity index (χ1n) is 4.69. The minimum absolute atomic E-state index is 0.350. The zero-order valence-electron chi connectivity index (χ0n) is 9.08. The quantitative estimate of drug-likeness (QED) is 0.871. The summed E-state index contributed by atoms with van der Waals surface area (Å²) in [6.45, 7) is 5.89. The number of halogens is 1. The fourth-order valence-electron chi connectivity index (χ4n) is 1.65. The molecule has 0 aliphatic carbocycles. The van der Waals surface area contributed by atoms with Crippen LogP contribution in [0.15, 0.2) is 16.6 Å². The predicted octanol–water partition coefficient (Wildman–Crippen LogP) is 2.88. The van der Waals surface area contributed by atoms with Crippen molar-refractivity contribution in [3.63, 3.8) is 0 Å². The average molecular weight is 292 g/mol. The van der Waals surface area contributed by atoms with E-state index in [1.807, 2.05) is 26.0 Å². The topological polar surface area (TPSA) is 52.3 Å². The van der Waals surface area contributed by atoms with Gasteiger partial charge in [-0.3, -0.25) is 10.1 Å². The maximum atomic E-state index is 12.1. The van der Waals surface area contributed by atoms with Gasteiger partial charge in [-0.2, -0.15) is 0 Å². The summed E-state index contributed by atoms with van der Waals surface area (Å²) in [7, 11) is -3.16. The molecule has 1 aromatic carbocycles. The molecule has 3 nitrogen and oxygen atoms in total. The molecule has 15 heavy (non-hydrogen) atoms. The second-order valence-corrected chi connectivity index (χ2v) is 6.22. The summed E-state index contributed by atoms with van der Waals surface area (Å²) in [6, 6.07) is 3.78. The minimum Gasteiger partial charge on any atom is -0.315 e. The molecule has 84 valence electrons. The monoisotopic (exact) mass is 291 g/mol. The van der Waals surface area contributed by atoms with E-state index in [1.54, 1.807) is 6.92 Å². The molecule has 0 radical (unpaired) electrons. The maximum absolute atomic E-state index is 12.1. The van der Waals surface area contributed by atoms with Crippen LogP contribution in [0.25, 0.3) is 0 Å². The van der Waals surface area contributed by atoms with Crippen LogP contribution in [0.1, 0.15) is 18.1 Å². The second kappa shape index (κ2) is 4.79. The third-order valence-corrected chi connectivity index (χ3v) is 4.52. The Kier molecular flexibility index (Phi) is 4.13. The first kappa shape index (κ1) is 12.9. The standard InChI is InChI=1S/C10H15BrNO2P/c1-4-14-15(12,13)10-7(2)5-9(11)6-8(10)3/h5-6H,4H2,1-3H3,(H2,12,13)/t15-/m1/s1. The van der Waals surface area contributed by atoms with Crippen LogP contribution in [0.3, 0.4) is 0 Å². The van der Waals surface area contributed by atoms with Gasteiger partial charge in [-0.15, -0.1) is 0 Å². The summed E-state index contributed by atoms with van der Waals surface area (Å²) in [5.41, 5.74) is 7.50. The van der Waals surface area contributed by atoms with Crippen LogP contribution in [0, 0.1) is 13.8 Å². The van der Waals surface area contributed by atoms with E-state index in [4.69, 9.17) is 10.0 Å². The van der Waals surface area contributed by atoms with Gasteiger partial charge in [0.2, 0.25) is 0 Å². The van der Waals surface area contributed by atoms with E-state index in [-0.39, 0.29) is 0 Å². The van der Waals surface area contributed by atoms with Crippen molar-refractivity contribution in [3.05, 3.63) is 27.7 Å². The highest BCUT2D eigenvalue weighted by Gasteiger charge is 2.24. The molecule has 0 aliphatic rings. The van der Waals surface area contributed by atoms with E-state index in [2.05, 4.69) is 15.9 Å². The van der Waals surface area contributed by atoms with E-state index >= 15 is 0 Å². The van der Waals surface area contributed by atoms with Crippen LogP contribution in [0.5, 0.6) is 0 Å². The zero-order chi connectivity index (χ0) is 11.6. The van der Waals surface area contributed by atoms with Crippen molar-refractivity contribution in [2.45, 2.75) is 20.8 Å². The first-order valence-corrected chi connectivity index (χ1v) is 7.17. The lowest BCUT2D eigenvalue weighted by atomic mass is 10.2. The summed E-state index contributed by atoms with van der Waals surface area (Å²) >= 11 is 3.38. The molecule has 0 heterocycles. The summed E-state index contributed by atoms with van der Waals surface area (Å²) in [5.74, 6) is 0. The first-order chi connectivity index (χ1) is 6.88. The van der Waals surface area contributed by atoms with Crippen LogP contribution in [-0.4, -0.2) is 6.61 Å². The van der Waals surface area contributed by atoms with Crippen molar-refractivity contribution in [1.29, 1.82) is 0 Å². The third kappa shape index (κ3) is 2.91. The summed E-state index contributed by atoms with van der Waals surface area (Å²) in [5, 5.41) is 0.632. The number of nitrogens with two attached hydrogens (primary N) is 1. The normalized spacial score (nSPS) is 15.0. The average Bonchev–Trinajstić information content (AvgIpc) is 1.99. The molecule has 0 fully saturated rings. The van der Waals surface area contributed by atoms with E-state index in [9.17, 15) is 4.57 Å². The molecule has 1 rings (SSSR count). The fraction of sp³-hybridized carbons (Fsp3) is 0.400. The Bertz CT molecular complexity index is 397. The lowest BCUT2D eigenvalue weighted by molar-refractivity contribution is 0.341. The van der Waals surface area contributed by atoms with Gasteiger partial charge in [-0.05, 0) is 44.0 Å². The van der Waals surface area contributed by atoms with Crippen LogP contribution >= 0.6 is 23.4 Å². The van der Waals surface area contributed by atoms with Crippen molar-refractivity contribution < 1.29 is 9.09 Å². The van der Waals surface area contributed by atoms with Gasteiger partial charge in [-0.25, -0.2) is 0 Å². The Morgan fingerprint density at radius 3 is 2.27 bits per heavy atom. The van der Waals surface area contributed by atoms with Crippen LogP contribution < -0.4 is 10.8 Å². The second-order valence-electron chi connectivity index (χ2n) is 3.40. The number of benzene rings is 1. The Balaban J connectivity index is 3.31. The number of hydrogen-bond acceptors (Lipinski definition) is 2. The number of hydrogen-bond donors (Lipinski definition) is 1. The van der Waals surface area contributed by atoms with Crippen molar-refractivity contribution in [2.24, 2.45) is 5.50 Å². The third-order valence-electron chi connectivity index (χ3n) is 2.09. The van der Waals surface area contributed by atoms with Crippen LogP contribution in [0.4, 0.5) is 0 Å². The van der Waals surface area contributed by atoms with E-state index < -0.39 is 7.52 Å². The molecule has 0 aliphatic heterocycles. The summed E-state index contributed by atoms with van der Waals surface area (Å²) in [4.78, 5) is 0. The summed E-state index contributed by atoms with van der Waals surface area (Å²) < 4.78 is 18.2. The van der Waals surface area contributed by atoms with Gasteiger partial charge in [0.25, 0.3) is 7.52 Å². The predicted molar refractivity (Wildman–Crippen MR) is 66.7 cm³/mol. The van der Waals surface area contributed by atoms with Gasteiger partial charge in [0.1, 0.15) is 0 Å². The van der Waals surface area contributed by atoms with E-state index in [0.717, 1.165) is 15.6 Å². The molecule has 1 atom stereocenters.